The van der Waals surface area contributed by atoms with E-state index in [9.17, 15) is 0 Å². The molecule has 0 aliphatic heterocycles. The van der Waals surface area contributed by atoms with Gasteiger partial charge in [0.1, 0.15) is 22.1 Å². The molecular formula is C42H42N4S3. The molecule has 8 rings (SSSR count). The molecule has 0 fully saturated rings. The van der Waals surface area contributed by atoms with Gasteiger partial charge in [0.25, 0.3) is 0 Å². The molecule has 4 heterocycles. The number of hydrogen-bond acceptors (Lipinski definition) is 7. The van der Waals surface area contributed by atoms with E-state index in [-0.39, 0.29) is 0 Å². The van der Waals surface area contributed by atoms with Gasteiger partial charge in [-0.2, -0.15) is 8.75 Å². The first-order chi connectivity index (χ1) is 24.2. The summed E-state index contributed by atoms with van der Waals surface area (Å²) in [5, 5.41) is 0. The van der Waals surface area contributed by atoms with Crippen LogP contribution in [-0.2, 0) is 25.7 Å². The smallest absolute Gasteiger partial charge is 0.116 e. The predicted molar refractivity (Wildman–Crippen MR) is 211 cm³/mol. The molecule has 0 bridgehead atoms. The Bertz CT molecular complexity index is 2050. The number of aryl methyl sites for hydroxylation is 4. The van der Waals surface area contributed by atoms with Crippen LogP contribution in [0.4, 0.5) is 0 Å². The third-order valence-electron chi connectivity index (χ3n) is 9.88. The molecule has 0 amide bonds. The molecule has 0 N–H and O–H groups in total. The fraction of sp³-hybridized carbons (Fsp3) is 0.333. The Morgan fingerprint density at radius 1 is 0.490 bits per heavy atom. The quantitative estimate of drug-likeness (QED) is 0.119. The van der Waals surface area contributed by atoms with Gasteiger partial charge in [-0.05, 0) is 97.9 Å². The summed E-state index contributed by atoms with van der Waals surface area (Å²) in [4.78, 5) is 15.7. The largest absolute Gasteiger partial charge is 0.248 e. The lowest BCUT2D eigenvalue weighted by atomic mass is 9.97. The van der Waals surface area contributed by atoms with Crippen LogP contribution in [0.5, 0.6) is 0 Å². The first kappa shape index (κ1) is 32.4. The lowest BCUT2D eigenvalue weighted by Gasteiger charge is -2.17. The number of thiophene rings is 2. The maximum atomic E-state index is 5.43. The van der Waals surface area contributed by atoms with Crippen molar-refractivity contribution in [1.82, 2.24) is 18.7 Å². The highest BCUT2D eigenvalue weighted by Gasteiger charge is 2.26. The van der Waals surface area contributed by atoms with Crippen molar-refractivity contribution in [3.63, 3.8) is 0 Å². The van der Waals surface area contributed by atoms with Crippen molar-refractivity contribution in [1.29, 1.82) is 0 Å². The summed E-state index contributed by atoms with van der Waals surface area (Å²) in [5.74, 6) is 0. The van der Waals surface area contributed by atoms with Crippen LogP contribution >= 0.6 is 34.4 Å². The molecule has 248 valence electrons. The zero-order chi connectivity index (χ0) is 33.2. The van der Waals surface area contributed by atoms with E-state index >= 15 is 0 Å². The van der Waals surface area contributed by atoms with E-state index in [0.717, 1.165) is 70.3 Å². The zero-order valence-electron chi connectivity index (χ0n) is 28.4. The summed E-state index contributed by atoms with van der Waals surface area (Å²) < 4.78 is 9.90. The average molecular weight is 699 g/mol. The average Bonchev–Trinajstić information content (AvgIpc) is 3.93. The van der Waals surface area contributed by atoms with E-state index in [4.69, 9.17) is 18.7 Å². The van der Waals surface area contributed by atoms with E-state index < -0.39 is 0 Å². The lowest BCUT2D eigenvalue weighted by Crippen LogP contribution is -2.09. The van der Waals surface area contributed by atoms with Gasteiger partial charge in [0.2, 0.25) is 0 Å². The number of rotatable bonds is 12. The summed E-state index contributed by atoms with van der Waals surface area (Å²) in [7, 11) is 0. The van der Waals surface area contributed by atoms with E-state index in [2.05, 4.69) is 86.6 Å². The third-order valence-corrected chi connectivity index (χ3v) is 12.7. The highest BCUT2D eigenvalue weighted by Crippen LogP contribution is 2.47. The number of fused-ring (bicyclic) bond motifs is 3. The predicted octanol–water partition coefficient (Wildman–Crippen LogP) is 12.8. The van der Waals surface area contributed by atoms with Gasteiger partial charge in [0, 0.05) is 30.6 Å². The van der Waals surface area contributed by atoms with E-state index in [0.29, 0.717) is 0 Å². The Morgan fingerprint density at radius 2 is 0.918 bits per heavy atom. The van der Waals surface area contributed by atoms with Crippen molar-refractivity contribution < 1.29 is 0 Å². The zero-order valence-corrected chi connectivity index (χ0v) is 30.9. The first-order valence-corrected chi connectivity index (χ1v) is 20.4. The van der Waals surface area contributed by atoms with Gasteiger partial charge in [-0.3, -0.25) is 0 Å². The third kappa shape index (κ3) is 6.61. The molecule has 0 atom stereocenters. The van der Waals surface area contributed by atoms with Crippen LogP contribution in [0.15, 0.2) is 72.8 Å². The number of hydrogen-bond donors (Lipinski definition) is 0. The molecule has 1 aliphatic rings. The fourth-order valence-corrected chi connectivity index (χ4v) is 9.81. The second-order valence-electron chi connectivity index (χ2n) is 13.4. The summed E-state index contributed by atoms with van der Waals surface area (Å²) in [6, 6.07) is 27.3. The van der Waals surface area contributed by atoms with Crippen molar-refractivity contribution in [2.24, 2.45) is 0 Å². The van der Waals surface area contributed by atoms with Crippen LogP contribution in [0, 0.1) is 0 Å². The van der Waals surface area contributed by atoms with Gasteiger partial charge in [0.05, 0.1) is 23.1 Å². The molecule has 1 aliphatic carbocycles. The minimum Gasteiger partial charge on any atom is -0.248 e. The Balaban J connectivity index is 1.20. The van der Waals surface area contributed by atoms with E-state index in [1.54, 1.807) is 0 Å². The van der Waals surface area contributed by atoms with Gasteiger partial charge in [0.15, 0.2) is 0 Å². The summed E-state index contributed by atoms with van der Waals surface area (Å²) >= 11 is 4.93. The monoisotopic (exact) mass is 698 g/mol. The SMILES string of the molecule is CCCCCc1ccc(-c2ccc(-c3c4nsnc4c(-c4ccc(-c5ccc(CCCCC)cc5)s4)c4nc5c(nc34)CCCC5)s2)cc1. The van der Waals surface area contributed by atoms with Crippen LogP contribution < -0.4 is 0 Å². The number of aromatic nitrogens is 4. The summed E-state index contributed by atoms with van der Waals surface area (Å²) in [5.41, 5.74) is 13.6. The molecular weight excluding hydrogens is 657 g/mol. The second-order valence-corrected chi connectivity index (χ2v) is 16.1. The molecule has 49 heavy (non-hydrogen) atoms. The van der Waals surface area contributed by atoms with Crippen LogP contribution in [0.25, 0.3) is 63.8 Å². The number of unbranched alkanes of at least 4 members (excludes halogenated alkanes) is 4. The minimum absolute atomic E-state index is 0.934. The Kier molecular flexibility index (Phi) is 9.66. The minimum atomic E-state index is 0.934. The highest BCUT2D eigenvalue weighted by molar-refractivity contribution is 7.19. The molecule has 7 heteroatoms. The van der Waals surface area contributed by atoms with Crippen LogP contribution in [0.2, 0.25) is 0 Å². The summed E-state index contributed by atoms with van der Waals surface area (Å²) in [6.45, 7) is 4.52. The van der Waals surface area contributed by atoms with E-state index in [1.807, 2.05) is 22.7 Å². The Morgan fingerprint density at radius 3 is 1.35 bits per heavy atom. The van der Waals surface area contributed by atoms with Crippen molar-refractivity contribution in [2.75, 3.05) is 0 Å². The van der Waals surface area contributed by atoms with Crippen molar-refractivity contribution in [3.05, 3.63) is 95.3 Å². The lowest BCUT2D eigenvalue weighted by molar-refractivity contribution is 0.655. The van der Waals surface area contributed by atoms with Crippen LogP contribution in [0.1, 0.15) is 87.7 Å². The van der Waals surface area contributed by atoms with Crippen LogP contribution in [-0.4, -0.2) is 18.7 Å². The Hall–Kier alpha value is -3.78. The maximum absolute atomic E-state index is 5.43. The molecule has 0 saturated carbocycles. The van der Waals surface area contributed by atoms with Crippen molar-refractivity contribution in [3.8, 4) is 41.8 Å². The van der Waals surface area contributed by atoms with E-state index in [1.165, 1.54) is 105 Å². The van der Waals surface area contributed by atoms with Gasteiger partial charge in [-0.25, -0.2) is 9.97 Å². The molecule has 3 aromatic carbocycles. The maximum Gasteiger partial charge on any atom is 0.116 e. The van der Waals surface area contributed by atoms with Crippen LogP contribution in [0.3, 0.4) is 0 Å². The second kappa shape index (κ2) is 14.6. The van der Waals surface area contributed by atoms with Gasteiger partial charge in [-0.1, -0.05) is 88.1 Å². The number of nitrogens with zero attached hydrogens (tertiary/aromatic N) is 4. The Labute approximate surface area is 301 Å². The molecule has 0 saturated heterocycles. The standard InChI is InChI=1S/C42H42N4S3/c1-3-5-7-11-27-15-19-29(20-16-27)33-23-25-35(47-33)37-39-40(44-32-14-10-9-13-31(32)43-39)38(42-41(37)45-49-46-42)36-26-24-34(48-36)30-21-17-28(18-22-30)12-8-6-4-2/h15-26H,3-14H2,1-2H3. The topological polar surface area (TPSA) is 51.6 Å². The molecule has 0 unspecified atom stereocenters. The summed E-state index contributed by atoms with van der Waals surface area (Å²) in [6.07, 6.45) is 14.2. The number of benzene rings is 3. The van der Waals surface area contributed by atoms with Gasteiger partial charge < -0.3 is 0 Å². The molecule has 0 radical (unpaired) electrons. The van der Waals surface area contributed by atoms with Gasteiger partial charge in [-0.15, -0.1) is 22.7 Å². The van der Waals surface area contributed by atoms with Crippen molar-refractivity contribution >= 4 is 56.5 Å². The molecule has 0 spiro atoms. The fourth-order valence-electron chi connectivity index (χ4n) is 7.13. The molecule has 4 aromatic heterocycles. The first-order valence-electron chi connectivity index (χ1n) is 18.1. The van der Waals surface area contributed by atoms with Gasteiger partial charge >= 0.3 is 0 Å². The molecule has 7 aromatic rings. The molecule has 4 nitrogen and oxygen atoms in total. The van der Waals surface area contributed by atoms with Crippen molar-refractivity contribution in [2.45, 2.75) is 90.9 Å². The normalized spacial score (nSPS) is 13.0. The highest BCUT2D eigenvalue weighted by atomic mass is 32.1.